The van der Waals surface area contributed by atoms with Gasteiger partial charge in [-0.05, 0) is 19.1 Å². The highest BCUT2D eigenvalue weighted by molar-refractivity contribution is 7.99. The number of hydrogen-bond acceptors (Lipinski definition) is 6. The Morgan fingerprint density at radius 1 is 1.28 bits per heavy atom. The summed E-state index contributed by atoms with van der Waals surface area (Å²) in [4.78, 5) is 26.6. The molecule has 1 fully saturated rings. The molecule has 1 N–H and O–H groups in total. The molecule has 3 rings (SSSR count). The Kier molecular flexibility index (Phi) is 7.42. The first-order valence-electron chi connectivity index (χ1n) is 9.48. The van der Waals surface area contributed by atoms with Gasteiger partial charge in [0.2, 0.25) is 5.91 Å². The fraction of sp³-hybridized carbons (Fsp3) is 0.400. The van der Waals surface area contributed by atoms with Crippen molar-refractivity contribution >= 4 is 23.6 Å². The van der Waals surface area contributed by atoms with Gasteiger partial charge in [-0.15, -0.1) is 16.8 Å². The van der Waals surface area contributed by atoms with Crippen molar-refractivity contribution in [2.75, 3.05) is 32.1 Å². The van der Waals surface area contributed by atoms with Crippen molar-refractivity contribution in [1.82, 2.24) is 25.0 Å². The van der Waals surface area contributed by atoms with E-state index in [2.05, 4.69) is 22.1 Å². The molecule has 1 atom stereocenters. The monoisotopic (exact) mass is 415 g/mol. The summed E-state index contributed by atoms with van der Waals surface area (Å²) < 4.78 is 7.16. The molecule has 0 spiro atoms. The van der Waals surface area contributed by atoms with E-state index in [-0.39, 0.29) is 23.6 Å². The zero-order valence-electron chi connectivity index (χ0n) is 16.4. The van der Waals surface area contributed by atoms with E-state index in [9.17, 15) is 9.59 Å². The van der Waals surface area contributed by atoms with Crippen LogP contribution in [0.5, 0.6) is 0 Å². The van der Waals surface area contributed by atoms with Gasteiger partial charge in [0.15, 0.2) is 11.0 Å². The second-order valence-electron chi connectivity index (χ2n) is 6.58. The zero-order valence-corrected chi connectivity index (χ0v) is 17.2. The van der Waals surface area contributed by atoms with Crippen LogP contribution in [0, 0.1) is 0 Å². The van der Waals surface area contributed by atoms with Gasteiger partial charge in [0, 0.05) is 25.2 Å². The van der Waals surface area contributed by atoms with Gasteiger partial charge in [-0.1, -0.05) is 36.0 Å². The highest BCUT2D eigenvalue weighted by Gasteiger charge is 2.22. The summed E-state index contributed by atoms with van der Waals surface area (Å²) >= 11 is 1.34. The summed E-state index contributed by atoms with van der Waals surface area (Å²) in [5, 5.41) is 12.1. The van der Waals surface area contributed by atoms with Gasteiger partial charge in [-0.2, -0.15) is 0 Å². The van der Waals surface area contributed by atoms with Gasteiger partial charge < -0.3 is 19.5 Å². The van der Waals surface area contributed by atoms with Crippen LogP contribution in [0.1, 0.15) is 29.1 Å². The number of hydrogen-bond donors (Lipinski definition) is 1. The van der Waals surface area contributed by atoms with Crippen molar-refractivity contribution < 1.29 is 14.3 Å². The van der Waals surface area contributed by atoms with E-state index >= 15 is 0 Å². The molecular weight excluding hydrogens is 390 g/mol. The number of nitrogens with zero attached hydrogens (tertiary/aromatic N) is 4. The highest BCUT2D eigenvalue weighted by Crippen LogP contribution is 2.21. The number of morpholine rings is 1. The Morgan fingerprint density at radius 3 is 2.69 bits per heavy atom. The van der Waals surface area contributed by atoms with Crippen LogP contribution in [-0.2, 0) is 16.1 Å². The lowest BCUT2D eigenvalue weighted by atomic mass is 10.2. The van der Waals surface area contributed by atoms with E-state index in [1.54, 1.807) is 23.1 Å². The second kappa shape index (κ2) is 10.2. The van der Waals surface area contributed by atoms with Crippen molar-refractivity contribution in [2.24, 2.45) is 0 Å². The van der Waals surface area contributed by atoms with Gasteiger partial charge in [-0.3, -0.25) is 9.59 Å². The van der Waals surface area contributed by atoms with E-state index in [1.165, 1.54) is 11.8 Å². The van der Waals surface area contributed by atoms with Gasteiger partial charge in [0.05, 0.1) is 25.0 Å². The van der Waals surface area contributed by atoms with Crippen molar-refractivity contribution in [1.29, 1.82) is 0 Å². The molecule has 0 saturated carbocycles. The van der Waals surface area contributed by atoms with E-state index in [0.29, 0.717) is 49.4 Å². The van der Waals surface area contributed by atoms with Gasteiger partial charge >= 0.3 is 0 Å². The fourth-order valence-corrected chi connectivity index (χ4v) is 3.85. The molecule has 29 heavy (non-hydrogen) atoms. The van der Waals surface area contributed by atoms with Crippen molar-refractivity contribution in [3.8, 4) is 0 Å². The van der Waals surface area contributed by atoms with Crippen molar-refractivity contribution in [2.45, 2.75) is 24.7 Å². The minimum Gasteiger partial charge on any atom is -0.378 e. The minimum atomic E-state index is -0.348. The number of amides is 2. The van der Waals surface area contributed by atoms with Crippen LogP contribution >= 0.6 is 11.8 Å². The molecule has 0 bridgehead atoms. The first kappa shape index (κ1) is 21.1. The van der Waals surface area contributed by atoms with E-state index in [1.807, 2.05) is 29.7 Å². The molecule has 0 unspecified atom stereocenters. The molecule has 8 nitrogen and oxygen atoms in total. The summed E-state index contributed by atoms with van der Waals surface area (Å²) in [6, 6.07) is 8.67. The van der Waals surface area contributed by atoms with Crippen LogP contribution in [0.3, 0.4) is 0 Å². The third kappa shape index (κ3) is 5.45. The maximum Gasteiger partial charge on any atom is 0.251 e. The summed E-state index contributed by atoms with van der Waals surface area (Å²) in [6.45, 7) is 8.52. The maximum atomic E-state index is 12.4. The third-order valence-electron chi connectivity index (χ3n) is 4.52. The number of carbonyl (C=O) groups excluding carboxylic acids is 2. The van der Waals surface area contributed by atoms with Crippen LogP contribution in [0.2, 0.25) is 0 Å². The Hall–Kier alpha value is -2.65. The second-order valence-corrected chi connectivity index (χ2v) is 7.53. The van der Waals surface area contributed by atoms with E-state index in [4.69, 9.17) is 4.74 Å². The fourth-order valence-electron chi connectivity index (χ4n) is 2.99. The van der Waals surface area contributed by atoms with Gasteiger partial charge in [0.1, 0.15) is 0 Å². The topological polar surface area (TPSA) is 89.3 Å². The number of ether oxygens (including phenoxy) is 1. The SMILES string of the molecule is C=CCn1c(SCC(=O)N2CCOCC2)nnc1[C@H](C)NC(=O)c1ccccc1. The molecule has 0 aliphatic carbocycles. The molecular formula is C20H25N5O3S. The Balaban J connectivity index is 1.66. The Morgan fingerprint density at radius 2 is 2.00 bits per heavy atom. The number of nitrogens with one attached hydrogen (secondary N) is 1. The summed E-state index contributed by atoms with van der Waals surface area (Å²) in [6.07, 6.45) is 1.74. The molecule has 0 radical (unpaired) electrons. The molecule has 9 heteroatoms. The van der Waals surface area contributed by atoms with E-state index < -0.39 is 0 Å². The van der Waals surface area contributed by atoms with Crippen LogP contribution < -0.4 is 5.32 Å². The highest BCUT2D eigenvalue weighted by atomic mass is 32.2. The summed E-state index contributed by atoms with van der Waals surface area (Å²) in [5.41, 5.74) is 0.583. The summed E-state index contributed by atoms with van der Waals surface area (Å²) in [5.74, 6) is 0.775. The number of allylic oxidation sites excluding steroid dienone is 1. The molecule has 154 valence electrons. The molecule has 2 amide bonds. The van der Waals surface area contributed by atoms with Gasteiger partial charge in [-0.25, -0.2) is 0 Å². The lowest BCUT2D eigenvalue weighted by Gasteiger charge is -2.26. The number of carbonyl (C=O) groups is 2. The van der Waals surface area contributed by atoms with Crippen molar-refractivity contribution in [3.05, 3.63) is 54.4 Å². The molecule has 1 aliphatic heterocycles. The Bertz CT molecular complexity index is 849. The smallest absolute Gasteiger partial charge is 0.251 e. The zero-order chi connectivity index (χ0) is 20.6. The van der Waals surface area contributed by atoms with E-state index in [0.717, 1.165) is 0 Å². The van der Waals surface area contributed by atoms with Crippen LogP contribution in [0.4, 0.5) is 0 Å². The quantitative estimate of drug-likeness (QED) is 0.523. The lowest BCUT2D eigenvalue weighted by molar-refractivity contribution is -0.132. The average molecular weight is 416 g/mol. The Labute approximate surface area is 174 Å². The standard InChI is InChI=1S/C20H25N5O3S/c1-3-9-25-18(15(2)21-19(27)16-7-5-4-6-8-16)22-23-20(25)29-14-17(26)24-10-12-28-13-11-24/h3-8,15H,1,9-14H2,2H3,(H,21,27)/t15-/m0/s1. The number of aromatic nitrogens is 3. The number of benzene rings is 1. The molecule has 2 heterocycles. The molecule has 2 aromatic rings. The van der Waals surface area contributed by atoms with Crippen LogP contribution in [0.25, 0.3) is 0 Å². The van der Waals surface area contributed by atoms with Crippen LogP contribution in [0.15, 0.2) is 48.1 Å². The molecule has 1 aromatic heterocycles. The minimum absolute atomic E-state index is 0.0541. The molecule has 1 aromatic carbocycles. The first-order chi connectivity index (χ1) is 14.1. The third-order valence-corrected chi connectivity index (χ3v) is 5.47. The number of thioether (sulfide) groups is 1. The largest absolute Gasteiger partial charge is 0.378 e. The van der Waals surface area contributed by atoms with Crippen LogP contribution in [-0.4, -0.2) is 63.5 Å². The van der Waals surface area contributed by atoms with Gasteiger partial charge in [0.25, 0.3) is 5.91 Å². The molecule has 1 saturated heterocycles. The predicted molar refractivity (Wildman–Crippen MR) is 111 cm³/mol. The maximum absolute atomic E-state index is 12.4. The molecule has 1 aliphatic rings. The lowest BCUT2D eigenvalue weighted by Crippen LogP contribution is -2.41. The van der Waals surface area contributed by atoms with Crippen molar-refractivity contribution in [3.63, 3.8) is 0 Å². The summed E-state index contributed by atoms with van der Waals surface area (Å²) in [7, 11) is 0. The normalized spacial score (nSPS) is 15.0. The first-order valence-corrected chi connectivity index (χ1v) is 10.5. The number of rotatable bonds is 8. The average Bonchev–Trinajstić information content (AvgIpc) is 3.16. The predicted octanol–water partition coefficient (Wildman–Crippen LogP) is 1.91.